The van der Waals surface area contributed by atoms with Crippen LogP contribution in [0, 0.1) is 12.3 Å². The van der Waals surface area contributed by atoms with Crippen LogP contribution >= 0.6 is 11.3 Å². The molecular weight excluding hydrogens is 467 g/mol. The second kappa shape index (κ2) is 10.3. The summed E-state index contributed by atoms with van der Waals surface area (Å²) in [5, 5.41) is 17.0. The Hall–Kier alpha value is -2.60. The molecule has 34 heavy (non-hydrogen) atoms. The Labute approximate surface area is 199 Å². The number of rotatable bonds is 8. The largest absolute Gasteiger partial charge is 0.433 e. The van der Waals surface area contributed by atoms with Crippen LogP contribution in [0.5, 0.6) is 0 Å². The molecule has 1 saturated heterocycles. The van der Waals surface area contributed by atoms with Gasteiger partial charge in [-0.05, 0) is 49.1 Å². The fraction of sp³-hybridized carbons (Fsp3) is 0.435. The molecule has 182 valence electrons. The molecule has 0 aliphatic carbocycles. The van der Waals surface area contributed by atoms with E-state index in [1.54, 1.807) is 17.5 Å². The summed E-state index contributed by atoms with van der Waals surface area (Å²) in [6.45, 7) is 4.64. The predicted molar refractivity (Wildman–Crippen MR) is 124 cm³/mol. The number of thiazole rings is 1. The summed E-state index contributed by atoms with van der Waals surface area (Å²) < 4.78 is 44.3. The summed E-state index contributed by atoms with van der Waals surface area (Å²) in [6.07, 6.45) is -0.00970. The van der Waals surface area contributed by atoms with Gasteiger partial charge in [-0.15, -0.1) is 11.3 Å². The summed E-state index contributed by atoms with van der Waals surface area (Å²) in [6, 6.07) is 6.48. The first-order valence-corrected chi connectivity index (χ1v) is 11.7. The van der Waals surface area contributed by atoms with Crippen LogP contribution in [0.4, 0.5) is 24.8 Å². The van der Waals surface area contributed by atoms with Crippen molar-refractivity contribution in [1.29, 1.82) is 0 Å². The molecule has 0 unspecified atom stereocenters. The summed E-state index contributed by atoms with van der Waals surface area (Å²) >= 11 is 1.54. The predicted octanol–water partition coefficient (Wildman–Crippen LogP) is 4.55. The maximum atomic E-state index is 12.9. The molecule has 3 aromatic rings. The number of nitrogens with zero attached hydrogens (tertiary/aromatic N) is 3. The van der Waals surface area contributed by atoms with Crippen molar-refractivity contribution in [2.24, 2.45) is 5.41 Å². The number of benzene rings is 1. The molecule has 4 rings (SSSR count). The highest BCUT2D eigenvalue weighted by Gasteiger charge is 2.33. The molecule has 0 amide bonds. The molecule has 1 aliphatic heterocycles. The van der Waals surface area contributed by atoms with Crippen LogP contribution in [0.3, 0.4) is 0 Å². The van der Waals surface area contributed by atoms with Crippen LogP contribution in [0.2, 0.25) is 0 Å². The summed E-state index contributed by atoms with van der Waals surface area (Å²) in [7, 11) is 0. The molecule has 0 spiro atoms. The number of hydrogen-bond acceptors (Lipinski definition) is 8. The van der Waals surface area contributed by atoms with Crippen molar-refractivity contribution in [3.63, 3.8) is 0 Å². The zero-order valence-corrected chi connectivity index (χ0v) is 19.5. The van der Waals surface area contributed by atoms with Crippen LogP contribution in [-0.2, 0) is 17.5 Å². The summed E-state index contributed by atoms with van der Waals surface area (Å²) in [5.74, 6) is -0.119. The zero-order chi connectivity index (χ0) is 24.2. The maximum Gasteiger partial charge on any atom is 0.433 e. The number of hydrogen-bond donors (Lipinski definition) is 3. The van der Waals surface area contributed by atoms with E-state index in [4.69, 9.17) is 4.74 Å². The number of anilines is 2. The molecule has 0 radical (unpaired) electrons. The van der Waals surface area contributed by atoms with Crippen molar-refractivity contribution >= 4 is 23.0 Å². The molecule has 1 aliphatic rings. The Balaban J connectivity index is 1.43. The smallest absolute Gasteiger partial charge is 0.396 e. The van der Waals surface area contributed by atoms with E-state index in [1.807, 2.05) is 25.1 Å². The van der Waals surface area contributed by atoms with E-state index < -0.39 is 11.9 Å². The van der Waals surface area contributed by atoms with Crippen LogP contribution in [-0.4, -0.2) is 46.4 Å². The second-order valence-electron chi connectivity index (χ2n) is 8.47. The lowest BCUT2D eigenvalue weighted by atomic mass is 9.81. The van der Waals surface area contributed by atoms with Gasteiger partial charge in [-0.1, -0.05) is 6.07 Å². The first kappa shape index (κ1) is 24.5. The standard InChI is InChI=1S/C23H26F3N5O2S/c1-15-8-16(10-17(9-15)30-21-28-5-2-19(31-21)23(24,25)26)18-11-29-20(34-18)12-27-13-22(14-32)3-6-33-7-4-22/h2,5,8-11,27,32H,3-4,6-7,12-14H2,1H3,(H,28,30,31). The van der Waals surface area contributed by atoms with E-state index >= 15 is 0 Å². The van der Waals surface area contributed by atoms with E-state index in [9.17, 15) is 18.3 Å². The number of alkyl halides is 3. The van der Waals surface area contributed by atoms with E-state index in [0.29, 0.717) is 32.0 Å². The SMILES string of the molecule is Cc1cc(Nc2nccc(C(F)(F)F)n2)cc(-c2cnc(CNCC3(CO)CCOCC3)s2)c1. The van der Waals surface area contributed by atoms with Gasteiger partial charge in [0.05, 0.1) is 11.5 Å². The van der Waals surface area contributed by atoms with E-state index in [2.05, 4.69) is 25.6 Å². The number of nitrogens with one attached hydrogen (secondary N) is 2. The molecule has 0 bridgehead atoms. The Morgan fingerprint density at radius 2 is 1.97 bits per heavy atom. The fourth-order valence-corrected chi connectivity index (χ4v) is 4.73. The van der Waals surface area contributed by atoms with Crippen molar-refractivity contribution in [3.8, 4) is 10.4 Å². The molecule has 3 heterocycles. The van der Waals surface area contributed by atoms with Crippen LogP contribution < -0.4 is 10.6 Å². The molecule has 1 fully saturated rings. The summed E-state index contributed by atoms with van der Waals surface area (Å²) in [5.41, 5.74) is 1.27. The highest BCUT2D eigenvalue weighted by molar-refractivity contribution is 7.15. The second-order valence-corrected chi connectivity index (χ2v) is 9.58. The Morgan fingerprint density at radius 3 is 2.71 bits per heavy atom. The number of ether oxygens (including phenoxy) is 1. The highest BCUT2D eigenvalue weighted by atomic mass is 32.1. The van der Waals surface area contributed by atoms with Crippen molar-refractivity contribution in [2.45, 2.75) is 32.5 Å². The lowest BCUT2D eigenvalue weighted by Gasteiger charge is -2.35. The number of aliphatic hydroxyl groups is 1. The first-order chi connectivity index (χ1) is 16.3. The topological polar surface area (TPSA) is 92.2 Å². The third-order valence-electron chi connectivity index (χ3n) is 5.78. The van der Waals surface area contributed by atoms with Gasteiger partial charge in [-0.3, -0.25) is 0 Å². The van der Waals surface area contributed by atoms with Gasteiger partial charge >= 0.3 is 6.18 Å². The van der Waals surface area contributed by atoms with Gasteiger partial charge in [-0.25, -0.2) is 15.0 Å². The monoisotopic (exact) mass is 493 g/mol. The molecule has 1 aromatic carbocycles. The fourth-order valence-electron chi connectivity index (χ4n) is 3.86. The van der Waals surface area contributed by atoms with Crippen molar-refractivity contribution in [3.05, 3.63) is 52.9 Å². The Morgan fingerprint density at radius 1 is 1.18 bits per heavy atom. The van der Waals surface area contributed by atoms with E-state index in [0.717, 1.165) is 46.1 Å². The van der Waals surface area contributed by atoms with Crippen LogP contribution in [0.15, 0.2) is 36.7 Å². The normalized spacial score (nSPS) is 15.9. The van der Waals surface area contributed by atoms with Crippen LogP contribution in [0.1, 0.15) is 29.1 Å². The highest BCUT2D eigenvalue weighted by Crippen LogP contribution is 2.32. The van der Waals surface area contributed by atoms with Crippen molar-refractivity contribution in [2.75, 3.05) is 31.7 Å². The van der Waals surface area contributed by atoms with Gasteiger partial charge < -0.3 is 20.5 Å². The molecule has 7 nitrogen and oxygen atoms in total. The average molecular weight is 494 g/mol. The third kappa shape index (κ3) is 6.09. The van der Waals surface area contributed by atoms with Gasteiger partial charge in [0.15, 0.2) is 0 Å². The minimum absolute atomic E-state index is 0.119. The number of aryl methyl sites for hydroxylation is 1. The lowest BCUT2D eigenvalue weighted by Crippen LogP contribution is -2.41. The average Bonchev–Trinajstić information content (AvgIpc) is 3.28. The molecule has 2 aromatic heterocycles. The lowest BCUT2D eigenvalue weighted by molar-refractivity contribution is -0.141. The summed E-state index contributed by atoms with van der Waals surface area (Å²) in [4.78, 5) is 12.9. The van der Waals surface area contributed by atoms with Crippen LogP contribution in [0.25, 0.3) is 10.4 Å². The Bertz CT molecular complexity index is 1120. The van der Waals surface area contributed by atoms with E-state index in [-0.39, 0.29) is 18.0 Å². The zero-order valence-electron chi connectivity index (χ0n) is 18.7. The minimum Gasteiger partial charge on any atom is -0.396 e. The molecular formula is C23H26F3N5O2S. The van der Waals surface area contributed by atoms with Gasteiger partial charge in [0.2, 0.25) is 5.95 Å². The van der Waals surface area contributed by atoms with Crippen molar-refractivity contribution < 1.29 is 23.0 Å². The third-order valence-corrected chi connectivity index (χ3v) is 6.83. The molecule has 0 atom stereocenters. The van der Waals surface area contributed by atoms with Gasteiger partial charge in [0.25, 0.3) is 0 Å². The molecule has 0 saturated carbocycles. The van der Waals surface area contributed by atoms with Gasteiger partial charge in [-0.2, -0.15) is 13.2 Å². The number of halogens is 3. The quantitative estimate of drug-likeness (QED) is 0.424. The minimum atomic E-state index is -4.54. The number of aromatic nitrogens is 3. The van der Waals surface area contributed by atoms with Gasteiger partial charge in [0, 0.05) is 49.8 Å². The van der Waals surface area contributed by atoms with Crippen molar-refractivity contribution in [1.82, 2.24) is 20.3 Å². The number of aliphatic hydroxyl groups excluding tert-OH is 1. The first-order valence-electron chi connectivity index (χ1n) is 10.9. The van der Waals surface area contributed by atoms with E-state index in [1.165, 1.54) is 0 Å². The van der Waals surface area contributed by atoms with Gasteiger partial charge in [0.1, 0.15) is 10.7 Å². The molecule has 3 N–H and O–H groups in total. The maximum absolute atomic E-state index is 12.9. The Kier molecular flexibility index (Phi) is 7.46. The molecule has 11 heteroatoms.